The van der Waals surface area contributed by atoms with Crippen molar-refractivity contribution in [2.45, 2.75) is 32.7 Å². The van der Waals surface area contributed by atoms with E-state index in [1.165, 1.54) is 12.1 Å². The molecule has 1 atom stereocenters. The first kappa shape index (κ1) is 12.7. The van der Waals surface area contributed by atoms with Gasteiger partial charge in [0.2, 0.25) is 11.7 Å². The second-order valence-electron chi connectivity index (χ2n) is 4.54. The van der Waals surface area contributed by atoms with Gasteiger partial charge in [0.1, 0.15) is 5.82 Å². The van der Waals surface area contributed by atoms with Gasteiger partial charge in [-0.2, -0.15) is 4.98 Å². The quantitative estimate of drug-likeness (QED) is 0.904. The van der Waals surface area contributed by atoms with Crippen LogP contribution in [0.1, 0.15) is 24.8 Å². The maximum atomic E-state index is 13.3. The molecule has 2 rings (SSSR count). The van der Waals surface area contributed by atoms with Gasteiger partial charge in [0, 0.05) is 18.0 Å². The van der Waals surface area contributed by atoms with Gasteiger partial charge in [-0.1, -0.05) is 5.16 Å². The van der Waals surface area contributed by atoms with Gasteiger partial charge in [0.15, 0.2) is 0 Å². The molecule has 0 aliphatic carbocycles. The average Bonchev–Trinajstić information content (AvgIpc) is 2.73. The van der Waals surface area contributed by atoms with Crippen molar-refractivity contribution in [1.82, 2.24) is 10.1 Å². The number of nitrogens with two attached hydrogens (primary N) is 1. The van der Waals surface area contributed by atoms with Crippen LogP contribution in [0.3, 0.4) is 0 Å². The molecule has 5 heteroatoms. The summed E-state index contributed by atoms with van der Waals surface area (Å²) in [6.07, 6.45) is 1.42. The van der Waals surface area contributed by atoms with Crippen LogP contribution >= 0.6 is 0 Å². The Hall–Kier alpha value is -1.75. The molecule has 0 aliphatic heterocycles. The number of hydrogen-bond donors (Lipinski definition) is 1. The van der Waals surface area contributed by atoms with Crippen molar-refractivity contribution in [3.8, 4) is 11.4 Å². The molecule has 1 unspecified atom stereocenters. The van der Waals surface area contributed by atoms with Crippen molar-refractivity contribution in [2.75, 3.05) is 0 Å². The van der Waals surface area contributed by atoms with Crippen molar-refractivity contribution >= 4 is 0 Å². The highest BCUT2D eigenvalue weighted by molar-refractivity contribution is 5.55. The van der Waals surface area contributed by atoms with Crippen LogP contribution in [-0.2, 0) is 6.42 Å². The average molecular weight is 249 g/mol. The Bertz CT molecular complexity index is 517. The van der Waals surface area contributed by atoms with E-state index in [2.05, 4.69) is 10.1 Å². The van der Waals surface area contributed by atoms with Crippen molar-refractivity contribution in [1.29, 1.82) is 0 Å². The monoisotopic (exact) mass is 249 g/mol. The van der Waals surface area contributed by atoms with E-state index >= 15 is 0 Å². The van der Waals surface area contributed by atoms with Crippen LogP contribution in [0, 0.1) is 12.7 Å². The van der Waals surface area contributed by atoms with Gasteiger partial charge in [-0.25, -0.2) is 4.39 Å². The zero-order chi connectivity index (χ0) is 13.1. The zero-order valence-electron chi connectivity index (χ0n) is 10.5. The van der Waals surface area contributed by atoms with E-state index in [4.69, 9.17) is 10.3 Å². The molecule has 4 nitrogen and oxygen atoms in total. The number of rotatable bonds is 4. The lowest BCUT2D eigenvalue weighted by Gasteiger charge is -1.99. The lowest BCUT2D eigenvalue weighted by molar-refractivity contribution is 0.372. The number of benzene rings is 1. The van der Waals surface area contributed by atoms with Crippen molar-refractivity contribution in [3.63, 3.8) is 0 Å². The third kappa shape index (κ3) is 3.13. The van der Waals surface area contributed by atoms with Gasteiger partial charge < -0.3 is 10.3 Å². The lowest BCUT2D eigenvalue weighted by atomic mass is 10.1. The Morgan fingerprint density at radius 3 is 2.83 bits per heavy atom. The molecule has 0 amide bonds. The molecule has 0 spiro atoms. The van der Waals surface area contributed by atoms with Crippen molar-refractivity contribution in [3.05, 3.63) is 35.5 Å². The van der Waals surface area contributed by atoms with Gasteiger partial charge in [-0.15, -0.1) is 0 Å². The van der Waals surface area contributed by atoms with E-state index in [0.29, 0.717) is 23.7 Å². The smallest absolute Gasteiger partial charge is 0.227 e. The van der Waals surface area contributed by atoms with Gasteiger partial charge in [0.05, 0.1) is 0 Å². The predicted molar refractivity (Wildman–Crippen MR) is 66.4 cm³/mol. The number of halogens is 1. The van der Waals surface area contributed by atoms with E-state index in [1.807, 2.05) is 19.9 Å². The minimum absolute atomic E-state index is 0.0942. The summed E-state index contributed by atoms with van der Waals surface area (Å²) in [5.74, 6) is 0.647. The zero-order valence-corrected chi connectivity index (χ0v) is 10.5. The van der Waals surface area contributed by atoms with E-state index in [0.717, 1.165) is 12.0 Å². The van der Waals surface area contributed by atoms with E-state index in [-0.39, 0.29) is 11.9 Å². The van der Waals surface area contributed by atoms with Crippen molar-refractivity contribution < 1.29 is 8.91 Å². The lowest BCUT2D eigenvalue weighted by Crippen LogP contribution is -2.15. The number of aromatic nitrogens is 2. The van der Waals surface area contributed by atoms with Gasteiger partial charge in [-0.05, 0) is 44.0 Å². The Morgan fingerprint density at radius 1 is 1.39 bits per heavy atom. The highest BCUT2D eigenvalue weighted by Gasteiger charge is 2.10. The third-order valence-corrected chi connectivity index (χ3v) is 2.58. The van der Waals surface area contributed by atoms with Crippen LogP contribution in [0.5, 0.6) is 0 Å². The summed E-state index contributed by atoms with van der Waals surface area (Å²) in [6.45, 7) is 3.75. The van der Waals surface area contributed by atoms with E-state index in [9.17, 15) is 4.39 Å². The maximum absolute atomic E-state index is 13.3. The highest BCUT2D eigenvalue weighted by atomic mass is 19.1. The Labute approximate surface area is 105 Å². The fraction of sp³-hybridized carbons (Fsp3) is 0.385. The first-order chi connectivity index (χ1) is 8.54. The molecule has 1 aromatic heterocycles. The Kier molecular flexibility index (Phi) is 3.72. The Morgan fingerprint density at radius 2 is 2.17 bits per heavy atom. The highest BCUT2D eigenvalue weighted by Crippen LogP contribution is 2.19. The van der Waals surface area contributed by atoms with Gasteiger partial charge >= 0.3 is 0 Å². The summed E-state index contributed by atoms with van der Waals surface area (Å²) in [4.78, 5) is 4.23. The molecule has 0 fully saturated rings. The molecule has 0 saturated heterocycles. The fourth-order valence-corrected chi connectivity index (χ4v) is 1.69. The molecule has 0 aliphatic rings. The minimum atomic E-state index is -0.299. The van der Waals surface area contributed by atoms with Crippen LogP contribution in [-0.4, -0.2) is 16.2 Å². The maximum Gasteiger partial charge on any atom is 0.227 e. The van der Waals surface area contributed by atoms with E-state index < -0.39 is 0 Å². The van der Waals surface area contributed by atoms with Gasteiger partial charge in [-0.3, -0.25) is 0 Å². The van der Waals surface area contributed by atoms with Gasteiger partial charge in [0.25, 0.3) is 0 Å². The molecular formula is C13H16FN3O. The summed E-state index contributed by atoms with van der Waals surface area (Å²) in [5, 5.41) is 3.85. The molecule has 96 valence electrons. The summed E-state index contributed by atoms with van der Waals surface area (Å²) in [7, 11) is 0. The van der Waals surface area contributed by atoms with E-state index in [1.54, 1.807) is 0 Å². The third-order valence-electron chi connectivity index (χ3n) is 2.58. The number of hydrogen-bond acceptors (Lipinski definition) is 4. The molecule has 1 heterocycles. The largest absolute Gasteiger partial charge is 0.339 e. The summed E-state index contributed by atoms with van der Waals surface area (Å²) in [5.41, 5.74) is 7.11. The second-order valence-corrected chi connectivity index (χ2v) is 4.54. The van der Waals surface area contributed by atoms with Crippen LogP contribution in [0.15, 0.2) is 22.7 Å². The predicted octanol–water partition coefficient (Wildman–Crippen LogP) is 2.46. The second kappa shape index (κ2) is 5.27. The SMILES string of the molecule is Cc1cc(F)cc(-c2noc(CCC(C)N)n2)c1. The molecule has 2 aromatic rings. The molecule has 18 heavy (non-hydrogen) atoms. The van der Waals surface area contributed by atoms with Crippen LogP contribution in [0.2, 0.25) is 0 Å². The normalized spacial score (nSPS) is 12.7. The molecule has 0 radical (unpaired) electrons. The van der Waals surface area contributed by atoms with Crippen LogP contribution in [0.25, 0.3) is 11.4 Å². The first-order valence-electron chi connectivity index (χ1n) is 5.90. The molecule has 1 aromatic carbocycles. The topological polar surface area (TPSA) is 64.9 Å². The summed E-state index contributed by atoms with van der Waals surface area (Å²) in [6, 6.07) is 4.77. The summed E-state index contributed by atoms with van der Waals surface area (Å²) < 4.78 is 18.4. The minimum Gasteiger partial charge on any atom is -0.339 e. The number of nitrogens with zero attached hydrogens (tertiary/aromatic N) is 2. The first-order valence-corrected chi connectivity index (χ1v) is 5.90. The molecule has 0 saturated carbocycles. The molecule has 2 N–H and O–H groups in total. The molecular weight excluding hydrogens is 233 g/mol. The number of aryl methyl sites for hydroxylation is 2. The Balaban J connectivity index is 2.18. The standard InChI is InChI=1S/C13H16FN3O/c1-8-5-10(7-11(14)6-8)13-16-12(18-17-13)4-3-9(2)15/h5-7,9H,3-4,15H2,1-2H3. The molecule has 0 bridgehead atoms. The fourth-order valence-electron chi connectivity index (χ4n) is 1.69. The van der Waals surface area contributed by atoms with Crippen molar-refractivity contribution in [2.24, 2.45) is 5.73 Å². The van der Waals surface area contributed by atoms with Crippen LogP contribution < -0.4 is 5.73 Å². The van der Waals surface area contributed by atoms with Crippen LogP contribution in [0.4, 0.5) is 4.39 Å². The summed E-state index contributed by atoms with van der Waals surface area (Å²) >= 11 is 0.